The number of aliphatic hydroxyl groups excluding tert-OH is 1. The van der Waals surface area contributed by atoms with E-state index in [1.54, 1.807) is 0 Å². The van der Waals surface area contributed by atoms with Gasteiger partial charge in [-0.05, 0) is 44.9 Å². The standard InChI is InChI=1S/C17H29NO2/c19-16-11-4-3-9-14(16)15-10-5-6-12-18(15)17(20)13-7-1-2-8-13/h13-16,19H,1-12H2. The normalized spacial score (nSPS) is 36.2. The Morgan fingerprint density at radius 1 is 0.850 bits per heavy atom. The minimum absolute atomic E-state index is 0.175. The van der Waals surface area contributed by atoms with Crippen molar-refractivity contribution < 1.29 is 9.90 Å². The van der Waals surface area contributed by atoms with Crippen LogP contribution in [0.15, 0.2) is 0 Å². The van der Waals surface area contributed by atoms with Crippen LogP contribution in [0.3, 0.4) is 0 Å². The second-order valence-corrected chi connectivity index (χ2v) is 7.09. The van der Waals surface area contributed by atoms with Gasteiger partial charge in [-0.3, -0.25) is 4.79 Å². The fourth-order valence-corrected chi connectivity index (χ4v) is 4.67. The van der Waals surface area contributed by atoms with E-state index in [9.17, 15) is 9.90 Å². The van der Waals surface area contributed by atoms with Gasteiger partial charge < -0.3 is 10.0 Å². The number of amides is 1. The SMILES string of the molecule is O=C(C1CCCC1)N1CCCCC1C1CCCCC1O. The summed E-state index contributed by atoms with van der Waals surface area (Å²) in [6.07, 6.45) is 12.4. The third-order valence-corrected chi connectivity index (χ3v) is 5.81. The Hall–Kier alpha value is -0.570. The van der Waals surface area contributed by atoms with E-state index >= 15 is 0 Å². The summed E-state index contributed by atoms with van der Waals surface area (Å²) < 4.78 is 0. The molecular weight excluding hydrogens is 250 g/mol. The van der Waals surface area contributed by atoms with E-state index in [-0.39, 0.29) is 12.0 Å². The minimum atomic E-state index is -0.175. The zero-order chi connectivity index (χ0) is 13.9. The topological polar surface area (TPSA) is 40.5 Å². The van der Waals surface area contributed by atoms with Gasteiger partial charge >= 0.3 is 0 Å². The Bertz CT molecular complexity index is 338. The van der Waals surface area contributed by atoms with E-state index in [0.717, 1.165) is 51.5 Å². The smallest absolute Gasteiger partial charge is 0.225 e. The summed E-state index contributed by atoms with van der Waals surface area (Å²) in [5, 5.41) is 10.3. The van der Waals surface area contributed by atoms with E-state index in [0.29, 0.717) is 17.9 Å². The number of carbonyl (C=O) groups excluding carboxylic acids is 1. The van der Waals surface area contributed by atoms with Crippen LogP contribution in [0.4, 0.5) is 0 Å². The van der Waals surface area contributed by atoms with Crippen LogP contribution in [-0.2, 0) is 4.79 Å². The summed E-state index contributed by atoms with van der Waals surface area (Å²) in [4.78, 5) is 15.0. The highest BCUT2D eigenvalue weighted by molar-refractivity contribution is 5.79. The van der Waals surface area contributed by atoms with E-state index in [1.165, 1.54) is 25.7 Å². The van der Waals surface area contributed by atoms with Crippen LogP contribution in [0.5, 0.6) is 0 Å². The fraction of sp³-hybridized carbons (Fsp3) is 0.941. The summed E-state index contributed by atoms with van der Waals surface area (Å²) in [6.45, 7) is 0.934. The van der Waals surface area contributed by atoms with Crippen LogP contribution < -0.4 is 0 Å². The summed E-state index contributed by atoms with van der Waals surface area (Å²) >= 11 is 0. The Kier molecular flexibility index (Phi) is 4.65. The predicted octanol–water partition coefficient (Wildman–Crippen LogP) is 3.11. The molecule has 1 saturated heterocycles. The van der Waals surface area contributed by atoms with E-state index in [2.05, 4.69) is 4.90 Å². The summed E-state index contributed by atoms with van der Waals surface area (Å²) in [5.41, 5.74) is 0. The van der Waals surface area contributed by atoms with Crippen molar-refractivity contribution >= 4 is 5.91 Å². The molecule has 0 bridgehead atoms. The second-order valence-electron chi connectivity index (χ2n) is 7.09. The number of carbonyl (C=O) groups is 1. The first-order chi connectivity index (χ1) is 9.77. The lowest BCUT2D eigenvalue weighted by Crippen LogP contribution is -2.52. The lowest BCUT2D eigenvalue weighted by atomic mass is 9.77. The molecule has 0 spiro atoms. The van der Waals surface area contributed by atoms with Gasteiger partial charge in [-0.2, -0.15) is 0 Å². The molecule has 3 unspecified atom stereocenters. The average Bonchev–Trinajstić information content (AvgIpc) is 3.01. The Morgan fingerprint density at radius 2 is 1.50 bits per heavy atom. The molecule has 1 heterocycles. The van der Waals surface area contributed by atoms with Gasteiger partial charge in [0, 0.05) is 24.4 Å². The van der Waals surface area contributed by atoms with Gasteiger partial charge in [-0.25, -0.2) is 0 Å². The molecule has 1 amide bonds. The largest absolute Gasteiger partial charge is 0.393 e. The third-order valence-electron chi connectivity index (χ3n) is 5.81. The molecule has 3 aliphatic rings. The number of aliphatic hydroxyl groups is 1. The van der Waals surface area contributed by atoms with Crippen molar-refractivity contribution in [3.05, 3.63) is 0 Å². The van der Waals surface area contributed by atoms with Crippen LogP contribution in [0, 0.1) is 11.8 Å². The van der Waals surface area contributed by atoms with Crippen molar-refractivity contribution in [3.8, 4) is 0 Å². The molecule has 1 N–H and O–H groups in total. The molecular formula is C17H29NO2. The van der Waals surface area contributed by atoms with Crippen LogP contribution in [0.1, 0.15) is 70.6 Å². The molecule has 0 aromatic rings. The van der Waals surface area contributed by atoms with Gasteiger partial charge in [0.25, 0.3) is 0 Å². The predicted molar refractivity (Wildman–Crippen MR) is 79.3 cm³/mol. The van der Waals surface area contributed by atoms with Crippen molar-refractivity contribution in [2.75, 3.05) is 6.54 Å². The molecule has 114 valence electrons. The van der Waals surface area contributed by atoms with Gasteiger partial charge in [0.05, 0.1) is 6.10 Å². The van der Waals surface area contributed by atoms with Crippen LogP contribution in [0.25, 0.3) is 0 Å². The molecule has 3 heteroatoms. The molecule has 3 rings (SSSR count). The number of piperidine rings is 1. The number of nitrogens with zero attached hydrogens (tertiary/aromatic N) is 1. The summed E-state index contributed by atoms with van der Waals surface area (Å²) in [7, 11) is 0. The zero-order valence-electron chi connectivity index (χ0n) is 12.6. The maximum atomic E-state index is 12.8. The molecule has 0 aromatic carbocycles. The lowest BCUT2D eigenvalue weighted by molar-refractivity contribution is -0.142. The Balaban J connectivity index is 1.71. The zero-order valence-corrected chi connectivity index (χ0v) is 12.6. The van der Waals surface area contributed by atoms with Crippen LogP contribution >= 0.6 is 0 Å². The van der Waals surface area contributed by atoms with Crippen molar-refractivity contribution in [1.29, 1.82) is 0 Å². The van der Waals surface area contributed by atoms with Gasteiger partial charge in [0.1, 0.15) is 0 Å². The molecule has 2 saturated carbocycles. The molecule has 1 aliphatic heterocycles. The van der Waals surface area contributed by atoms with Gasteiger partial charge in [0.15, 0.2) is 0 Å². The number of rotatable bonds is 2. The van der Waals surface area contributed by atoms with E-state index < -0.39 is 0 Å². The summed E-state index contributed by atoms with van der Waals surface area (Å²) in [5.74, 6) is 1.04. The van der Waals surface area contributed by atoms with Gasteiger partial charge in [0.2, 0.25) is 5.91 Å². The highest BCUT2D eigenvalue weighted by Gasteiger charge is 2.39. The van der Waals surface area contributed by atoms with Crippen LogP contribution in [-0.4, -0.2) is 34.6 Å². The highest BCUT2D eigenvalue weighted by atomic mass is 16.3. The maximum absolute atomic E-state index is 12.8. The Labute approximate surface area is 122 Å². The molecule has 3 atom stereocenters. The number of likely N-dealkylation sites (tertiary alicyclic amines) is 1. The highest BCUT2D eigenvalue weighted by Crippen LogP contribution is 2.36. The van der Waals surface area contributed by atoms with Crippen molar-refractivity contribution in [2.24, 2.45) is 11.8 Å². The van der Waals surface area contributed by atoms with E-state index in [1.807, 2.05) is 0 Å². The maximum Gasteiger partial charge on any atom is 0.225 e. The molecule has 3 fully saturated rings. The molecule has 2 aliphatic carbocycles. The number of hydrogen-bond acceptors (Lipinski definition) is 2. The molecule has 3 nitrogen and oxygen atoms in total. The lowest BCUT2D eigenvalue weighted by Gasteiger charge is -2.44. The monoisotopic (exact) mass is 279 g/mol. The van der Waals surface area contributed by atoms with Crippen molar-refractivity contribution in [2.45, 2.75) is 82.8 Å². The number of hydrogen-bond donors (Lipinski definition) is 1. The Morgan fingerprint density at radius 3 is 2.25 bits per heavy atom. The summed E-state index contributed by atoms with van der Waals surface area (Å²) in [6, 6.07) is 0.326. The van der Waals surface area contributed by atoms with Crippen molar-refractivity contribution in [1.82, 2.24) is 4.90 Å². The van der Waals surface area contributed by atoms with Crippen molar-refractivity contribution in [3.63, 3.8) is 0 Å². The second kappa shape index (κ2) is 6.46. The average molecular weight is 279 g/mol. The van der Waals surface area contributed by atoms with Gasteiger partial charge in [-0.1, -0.05) is 25.7 Å². The van der Waals surface area contributed by atoms with E-state index in [4.69, 9.17) is 0 Å². The minimum Gasteiger partial charge on any atom is -0.393 e. The first-order valence-electron chi connectivity index (χ1n) is 8.76. The first-order valence-corrected chi connectivity index (χ1v) is 8.76. The third kappa shape index (κ3) is 2.88. The fourth-order valence-electron chi connectivity index (χ4n) is 4.67. The van der Waals surface area contributed by atoms with Gasteiger partial charge in [-0.15, -0.1) is 0 Å². The molecule has 20 heavy (non-hydrogen) atoms. The van der Waals surface area contributed by atoms with Crippen LogP contribution in [0.2, 0.25) is 0 Å². The quantitative estimate of drug-likeness (QED) is 0.843. The molecule has 0 aromatic heterocycles. The first kappa shape index (κ1) is 14.4. The molecule has 0 radical (unpaired) electrons.